The Kier molecular flexibility index (Phi) is 5.11. The van der Waals surface area contributed by atoms with Crippen molar-refractivity contribution in [2.75, 3.05) is 0 Å². The molecule has 2 heterocycles. The van der Waals surface area contributed by atoms with Crippen molar-refractivity contribution in [3.05, 3.63) is 14.5 Å². The third-order valence-corrected chi connectivity index (χ3v) is 3.65. The Labute approximate surface area is 113 Å². The minimum atomic E-state index is -5.08. The van der Waals surface area contributed by atoms with Crippen molar-refractivity contribution in [2.24, 2.45) is 0 Å². The molecule has 1 aromatic rings. The zero-order chi connectivity index (χ0) is 13.9. The number of carboxylic acid groups (broad SMARTS) is 1. The highest BCUT2D eigenvalue weighted by Crippen LogP contribution is 2.26. The number of nitrogens with zero attached hydrogens (tertiary/aromatic N) is 1. The van der Waals surface area contributed by atoms with Crippen LogP contribution in [-0.4, -0.2) is 28.3 Å². The van der Waals surface area contributed by atoms with E-state index in [4.69, 9.17) is 9.90 Å². The predicted octanol–water partition coefficient (Wildman–Crippen LogP) is 2.57. The Balaban J connectivity index is 0.000000203. The van der Waals surface area contributed by atoms with E-state index in [0.717, 1.165) is 16.9 Å². The van der Waals surface area contributed by atoms with E-state index in [1.165, 1.54) is 10.6 Å². The fourth-order valence-corrected chi connectivity index (χ4v) is 2.84. The molecule has 1 aliphatic heterocycles. The van der Waals surface area contributed by atoms with E-state index in [2.05, 4.69) is 33.2 Å². The number of hydrogen-bond donors (Lipinski definition) is 2. The number of alkyl halides is 3. The van der Waals surface area contributed by atoms with Gasteiger partial charge in [0.15, 0.2) is 3.92 Å². The molecule has 2 rings (SSSR count). The largest absolute Gasteiger partial charge is 0.490 e. The first-order valence-corrected chi connectivity index (χ1v) is 6.48. The minimum absolute atomic E-state index is 0.580. The molecule has 102 valence electrons. The van der Waals surface area contributed by atoms with Crippen LogP contribution in [0.15, 0.2) is 3.92 Å². The summed E-state index contributed by atoms with van der Waals surface area (Å²) >= 11 is 5.13. The lowest BCUT2D eigenvalue weighted by atomic mass is 10.1. The first-order chi connectivity index (χ1) is 8.20. The lowest BCUT2D eigenvalue weighted by molar-refractivity contribution is -0.192. The molecule has 0 aromatic carbocycles. The molecular weight excluding hydrogens is 337 g/mol. The van der Waals surface area contributed by atoms with Crippen LogP contribution in [0.1, 0.15) is 17.5 Å². The number of aromatic nitrogens is 1. The topological polar surface area (TPSA) is 62.2 Å². The number of rotatable bonds is 0. The van der Waals surface area contributed by atoms with Crippen LogP contribution >= 0.6 is 27.3 Å². The van der Waals surface area contributed by atoms with Crippen LogP contribution in [-0.2, 0) is 17.8 Å². The van der Waals surface area contributed by atoms with Crippen molar-refractivity contribution < 1.29 is 23.1 Å². The average molecular weight is 347 g/mol. The second kappa shape index (κ2) is 5.98. The lowest BCUT2D eigenvalue weighted by Crippen LogP contribution is -2.32. The molecule has 2 N–H and O–H groups in total. The standard InChI is InChI=1S/C7H9BrN2S.C2HF3O2/c1-4-2-5-6(3-9-4)11-7(8)10-5;3-2(4,5)1(6)7/h4,9H,2-3H2,1H3;(H,6,7)/t4-;/m1./s1. The normalized spacial score (nSPS) is 18.6. The predicted molar refractivity (Wildman–Crippen MR) is 63.5 cm³/mol. The molecule has 0 amide bonds. The molecule has 0 radical (unpaired) electrons. The van der Waals surface area contributed by atoms with Gasteiger partial charge in [0.25, 0.3) is 0 Å². The molecule has 0 saturated heterocycles. The number of fused-ring (bicyclic) bond motifs is 1. The van der Waals surface area contributed by atoms with E-state index in [1.54, 1.807) is 11.3 Å². The Morgan fingerprint density at radius 2 is 2.17 bits per heavy atom. The third kappa shape index (κ3) is 4.54. The quantitative estimate of drug-likeness (QED) is 0.757. The maximum absolute atomic E-state index is 10.6. The molecule has 1 atom stereocenters. The van der Waals surface area contributed by atoms with Crippen LogP contribution < -0.4 is 5.32 Å². The first-order valence-electron chi connectivity index (χ1n) is 4.87. The zero-order valence-corrected chi connectivity index (χ0v) is 11.6. The molecule has 0 aliphatic carbocycles. The first kappa shape index (κ1) is 15.4. The van der Waals surface area contributed by atoms with Gasteiger partial charge in [-0.25, -0.2) is 9.78 Å². The molecular formula is C9H10BrF3N2O2S. The summed E-state index contributed by atoms with van der Waals surface area (Å²) in [5.41, 5.74) is 1.27. The second-order valence-corrected chi connectivity index (χ2v) is 5.99. The van der Waals surface area contributed by atoms with Crippen LogP contribution in [0.25, 0.3) is 0 Å². The molecule has 1 aliphatic rings. The van der Waals surface area contributed by atoms with E-state index in [1.807, 2.05) is 0 Å². The van der Waals surface area contributed by atoms with Gasteiger partial charge in [0, 0.05) is 23.9 Å². The van der Waals surface area contributed by atoms with Crippen LogP contribution in [0.5, 0.6) is 0 Å². The number of carboxylic acids is 1. The molecule has 9 heteroatoms. The van der Waals surface area contributed by atoms with Gasteiger partial charge in [-0.15, -0.1) is 11.3 Å². The summed E-state index contributed by atoms with van der Waals surface area (Å²) in [6.45, 7) is 3.18. The van der Waals surface area contributed by atoms with Crippen LogP contribution in [0.3, 0.4) is 0 Å². The van der Waals surface area contributed by atoms with Gasteiger partial charge >= 0.3 is 12.1 Å². The van der Waals surface area contributed by atoms with Gasteiger partial charge in [0.05, 0.1) is 5.69 Å². The SMILES string of the molecule is C[C@@H]1Cc2nc(Br)sc2CN1.O=C(O)C(F)(F)F. The van der Waals surface area contributed by atoms with Gasteiger partial charge in [-0.05, 0) is 22.9 Å². The van der Waals surface area contributed by atoms with Crippen LogP contribution in [0.2, 0.25) is 0 Å². The van der Waals surface area contributed by atoms with Crippen molar-refractivity contribution >= 4 is 33.2 Å². The number of halogens is 4. The minimum Gasteiger partial charge on any atom is -0.475 e. The molecule has 0 spiro atoms. The highest BCUT2D eigenvalue weighted by atomic mass is 79.9. The van der Waals surface area contributed by atoms with E-state index >= 15 is 0 Å². The van der Waals surface area contributed by atoms with Gasteiger partial charge in [-0.2, -0.15) is 13.2 Å². The van der Waals surface area contributed by atoms with Gasteiger partial charge in [0.2, 0.25) is 0 Å². The molecule has 0 unspecified atom stereocenters. The molecule has 0 saturated carbocycles. The molecule has 0 bridgehead atoms. The van der Waals surface area contributed by atoms with Crippen molar-refractivity contribution in [3.63, 3.8) is 0 Å². The van der Waals surface area contributed by atoms with Crippen LogP contribution in [0, 0.1) is 0 Å². The van der Waals surface area contributed by atoms with Crippen molar-refractivity contribution in [3.8, 4) is 0 Å². The van der Waals surface area contributed by atoms with Crippen molar-refractivity contribution in [2.45, 2.75) is 32.1 Å². The summed E-state index contributed by atoms with van der Waals surface area (Å²) in [7, 11) is 0. The maximum Gasteiger partial charge on any atom is 0.490 e. The monoisotopic (exact) mass is 346 g/mol. The average Bonchev–Trinajstić information content (AvgIpc) is 2.56. The van der Waals surface area contributed by atoms with Gasteiger partial charge in [0.1, 0.15) is 0 Å². The number of carbonyl (C=O) groups is 1. The highest BCUT2D eigenvalue weighted by molar-refractivity contribution is 9.11. The lowest BCUT2D eigenvalue weighted by Gasteiger charge is -2.18. The fourth-order valence-electron chi connectivity index (χ4n) is 1.28. The van der Waals surface area contributed by atoms with Crippen LogP contribution in [0.4, 0.5) is 13.2 Å². The van der Waals surface area contributed by atoms with E-state index < -0.39 is 12.1 Å². The third-order valence-electron chi connectivity index (χ3n) is 2.11. The maximum atomic E-state index is 10.6. The van der Waals surface area contributed by atoms with E-state index in [-0.39, 0.29) is 0 Å². The van der Waals surface area contributed by atoms with Crippen molar-refractivity contribution in [1.82, 2.24) is 10.3 Å². The number of nitrogens with one attached hydrogen (secondary N) is 1. The van der Waals surface area contributed by atoms with Gasteiger partial charge in [-0.1, -0.05) is 0 Å². The Hall–Kier alpha value is -0.670. The Morgan fingerprint density at radius 3 is 2.67 bits per heavy atom. The Morgan fingerprint density at radius 1 is 1.61 bits per heavy atom. The smallest absolute Gasteiger partial charge is 0.475 e. The van der Waals surface area contributed by atoms with Crippen molar-refractivity contribution in [1.29, 1.82) is 0 Å². The summed E-state index contributed by atoms with van der Waals surface area (Å²) in [5.74, 6) is -2.76. The summed E-state index contributed by atoms with van der Waals surface area (Å²) in [4.78, 5) is 14.7. The van der Waals surface area contributed by atoms with E-state index in [0.29, 0.717) is 6.04 Å². The highest BCUT2D eigenvalue weighted by Gasteiger charge is 2.38. The fraction of sp³-hybridized carbons (Fsp3) is 0.556. The zero-order valence-electron chi connectivity index (χ0n) is 9.21. The Bertz CT molecular complexity index is 436. The number of thiazole rings is 1. The molecule has 1 aromatic heterocycles. The number of hydrogen-bond acceptors (Lipinski definition) is 4. The van der Waals surface area contributed by atoms with Gasteiger partial charge < -0.3 is 10.4 Å². The van der Waals surface area contributed by atoms with Gasteiger partial charge in [-0.3, -0.25) is 0 Å². The molecule has 18 heavy (non-hydrogen) atoms. The second-order valence-electron chi connectivity index (χ2n) is 3.63. The summed E-state index contributed by atoms with van der Waals surface area (Å²) in [6.07, 6.45) is -4.02. The summed E-state index contributed by atoms with van der Waals surface area (Å²) < 4.78 is 32.7. The summed E-state index contributed by atoms with van der Waals surface area (Å²) in [5, 5.41) is 10.5. The summed E-state index contributed by atoms with van der Waals surface area (Å²) in [6, 6.07) is 0.580. The number of aliphatic carboxylic acids is 1. The molecule has 4 nitrogen and oxygen atoms in total. The molecule has 0 fully saturated rings. The van der Waals surface area contributed by atoms with E-state index in [9.17, 15) is 13.2 Å².